The topological polar surface area (TPSA) is 38.0 Å². The molecule has 0 aromatic heterocycles. The molecular weight excluding hydrogens is 219 g/mol. The van der Waals surface area contributed by atoms with Gasteiger partial charge in [-0.15, -0.1) is 12.4 Å². The van der Waals surface area contributed by atoms with E-state index in [4.69, 9.17) is 17.3 Å². The Labute approximate surface area is 96.2 Å². The molecule has 3 N–H and O–H groups in total. The molecule has 14 heavy (non-hydrogen) atoms. The van der Waals surface area contributed by atoms with Crippen LogP contribution in [-0.4, -0.2) is 19.6 Å². The summed E-state index contributed by atoms with van der Waals surface area (Å²) in [5.41, 5.74) is 6.61. The summed E-state index contributed by atoms with van der Waals surface area (Å²) in [6.07, 6.45) is 1.00. The smallest absolute Gasteiger partial charge is 0.0408 e. The van der Waals surface area contributed by atoms with Crippen molar-refractivity contribution < 1.29 is 0 Å². The van der Waals surface area contributed by atoms with Gasteiger partial charge in [0.25, 0.3) is 0 Å². The molecule has 80 valence electrons. The molecule has 0 aliphatic heterocycles. The van der Waals surface area contributed by atoms with Gasteiger partial charge in [-0.1, -0.05) is 23.7 Å². The highest BCUT2D eigenvalue weighted by molar-refractivity contribution is 6.30. The molecule has 4 heteroatoms. The number of halogens is 2. The average molecular weight is 235 g/mol. The van der Waals surface area contributed by atoms with E-state index in [2.05, 4.69) is 11.4 Å². The summed E-state index contributed by atoms with van der Waals surface area (Å²) in [5.74, 6) is 0. The second kappa shape index (κ2) is 8.06. The van der Waals surface area contributed by atoms with Crippen LogP contribution in [0.3, 0.4) is 0 Å². The highest BCUT2D eigenvalue weighted by atomic mass is 35.5. The van der Waals surface area contributed by atoms with Gasteiger partial charge in [-0.05, 0) is 30.7 Å². The first-order valence-electron chi connectivity index (χ1n) is 4.48. The molecule has 0 spiro atoms. The zero-order valence-electron chi connectivity index (χ0n) is 8.00. The lowest BCUT2D eigenvalue weighted by molar-refractivity contribution is 0.689. The van der Waals surface area contributed by atoms with Gasteiger partial charge >= 0.3 is 0 Å². The van der Waals surface area contributed by atoms with E-state index >= 15 is 0 Å². The van der Waals surface area contributed by atoms with E-state index in [-0.39, 0.29) is 12.4 Å². The summed E-state index contributed by atoms with van der Waals surface area (Å²) in [6, 6.07) is 7.93. The minimum atomic E-state index is 0. The van der Waals surface area contributed by atoms with Crippen LogP contribution in [0.2, 0.25) is 5.02 Å². The first kappa shape index (κ1) is 13.7. The molecule has 1 rings (SSSR count). The van der Waals surface area contributed by atoms with Crippen molar-refractivity contribution in [3.8, 4) is 0 Å². The molecule has 0 bridgehead atoms. The number of rotatable bonds is 5. The molecular formula is C10H16Cl2N2. The van der Waals surface area contributed by atoms with Gasteiger partial charge in [0, 0.05) is 18.1 Å². The lowest BCUT2D eigenvalue weighted by Gasteiger charge is -2.03. The molecule has 0 radical (unpaired) electrons. The van der Waals surface area contributed by atoms with Crippen molar-refractivity contribution >= 4 is 24.0 Å². The number of hydrogen-bond acceptors (Lipinski definition) is 2. The molecule has 1 aromatic rings. The second-order valence-corrected chi connectivity index (χ2v) is 3.36. The average Bonchev–Trinajstić information content (AvgIpc) is 2.13. The molecule has 0 fully saturated rings. The van der Waals surface area contributed by atoms with Gasteiger partial charge in [-0.3, -0.25) is 0 Å². The van der Waals surface area contributed by atoms with Gasteiger partial charge in [-0.2, -0.15) is 0 Å². The summed E-state index contributed by atoms with van der Waals surface area (Å²) in [5, 5.41) is 4.04. The van der Waals surface area contributed by atoms with Crippen molar-refractivity contribution in [3.05, 3.63) is 34.9 Å². The summed E-state index contributed by atoms with van der Waals surface area (Å²) >= 11 is 5.84. The third-order valence-electron chi connectivity index (χ3n) is 1.80. The summed E-state index contributed by atoms with van der Waals surface area (Å²) in [6.45, 7) is 2.52. The number of nitrogens with one attached hydrogen (secondary N) is 1. The zero-order chi connectivity index (χ0) is 9.52. The minimum absolute atomic E-state index is 0. The van der Waals surface area contributed by atoms with Crippen LogP contribution in [0.15, 0.2) is 24.3 Å². The van der Waals surface area contributed by atoms with E-state index in [0.717, 1.165) is 24.5 Å². The van der Waals surface area contributed by atoms with E-state index in [1.165, 1.54) is 5.56 Å². The van der Waals surface area contributed by atoms with Crippen molar-refractivity contribution in [1.29, 1.82) is 0 Å². The highest BCUT2D eigenvalue weighted by Crippen LogP contribution is 2.10. The van der Waals surface area contributed by atoms with Crippen LogP contribution >= 0.6 is 24.0 Å². The van der Waals surface area contributed by atoms with Gasteiger partial charge in [0.2, 0.25) is 0 Å². The van der Waals surface area contributed by atoms with Gasteiger partial charge < -0.3 is 11.1 Å². The van der Waals surface area contributed by atoms with Crippen molar-refractivity contribution in [2.45, 2.75) is 6.42 Å². The lowest BCUT2D eigenvalue weighted by Crippen LogP contribution is -2.24. The predicted molar refractivity (Wildman–Crippen MR) is 64.3 cm³/mol. The van der Waals surface area contributed by atoms with E-state index in [0.29, 0.717) is 6.54 Å². The Balaban J connectivity index is 0.00000169. The van der Waals surface area contributed by atoms with Crippen LogP contribution in [-0.2, 0) is 6.42 Å². The molecule has 0 saturated carbocycles. The Hall–Kier alpha value is -0.280. The van der Waals surface area contributed by atoms with Crippen LogP contribution in [0.1, 0.15) is 5.56 Å². The normalized spacial score (nSPS) is 9.57. The molecule has 0 atom stereocenters. The Kier molecular flexibility index (Phi) is 7.90. The molecule has 0 aliphatic rings. The Bertz CT molecular complexity index is 254. The fourth-order valence-corrected chi connectivity index (χ4v) is 1.37. The predicted octanol–water partition coefficient (Wildman–Crippen LogP) is 1.85. The second-order valence-electron chi connectivity index (χ2n) is 2.92. The number of nitrogens with two attached hydrogens (primary N) is 1. The number of benzene rings is 1. The Morgan fingerprint density at radius 2 is 2.07 bits per heavy atom. The fourth-order valence-electron chi connectivity index (χ4n) is 1.15. The SMILES string of the molecule is Cl.NCCNCCc1cccc(Cl)c1. The van der Waals surface area contributed by atoms with Crippen molar-refractivity contribution in [3.63, 3.8) is 0 Å². The maximum absolute atomic E-state index is 5.84. The molecule has 0 saturated heterocycles. The van der Waals surface area contributed by atoms with Crippen LogP contribution in [0.5, 0.6) is 0 Å². The van der Waals surface area contributed by atoms with E-state index in [9.17, 15) is 0 Å². The van der Waals surface area contributed by atoms with Crippen molar-refractivity contribution in [2.75, 3.05) is 19.6 Å². The van der Waals surface area contributed by atoms with E-state index < -0.39 is 0 Å². The van der Waals surface area contributed by atoms with Crippen LogP contribution in [0.4, 0.5) is 0 Å². The summed E-state index contributed by atoms with van der Waals surface area (Å²) < 4.78 is 0. The van der Waals surface area contributed by atoms with Gasteiger partial charge in [0.05, 0.1) is 0 Å². The third-order valence-corrected chi connectivity index (χ3v) is 2.04. The first-order chi connectivity index (χ1) is 6.33. The molecule has 2 nitrogen and oxygen atoms in total. The van der Waals surface area contributed by atoms with Gasteiger partial charge in [0.1, 0.15) is 0 Å². The monoisotopic (exact) mass is 234 g/mol. The van der Waals surface area contributed by atoms with Crippen molar-refractivity contribution in [2.24, 2.45) is 5.73 Å². The van der Waals surface area contributed by atoms with Gasteiger partial charge in [-0.25, -0.2) is 0 Å². The molecule has 0 aliphatic carbocycles. The Morgan fingerprint density at radius 3 is 2.71 bits per heavy atom. The van der Waals surface area contributed by atoms with Gasteiger partial charge in [0.15, 0.2) is 0 Å². The van der Waals surface area contributed by atoms with E-state index in [1.54, 1.807) is 0 Å². The molecule has 0 amide bonds. The summed E-state index contributed by atoms with van der Waals surface area (Å²) in [4.78, 5) is 0. The van der Waals surface area contributed by atoms with Crippen LogP contribution in [0, 0.1) is 0 Å². The third kappa shape index (κ3) is 5.45. The lowest BCUT2D eigenvalue weighted by atomic mass is 10.1. The first-order valence-corrected chi connectivity index (χ1v) is 4.86. The van der Waals surface area contributed by atoms with Crippen molar-refractivity contribution in [1.82, 2.24) is 5.32 Å². The van der Waals surface area contributed by atoms with E-state index in [1.807, 2.05) is 18.2 Å². The summed E-state index contributed by atoms with van der Waals surface area (Å²) in [7, 11) is 0. The fraction of sp³-hybridized carbons (Fsp3) is 0.400. The zero-order valence-corrected chi connectivity index (χ0v) is 9.57. The quantitative estimate of drug-likeness (QED) is 0.764. The van der Waals surface area contributed by atoms with Crippen LogP contribution < -0.4 is 11.1 Å². The highest BCUT2D eigenvalue weighted by Gasteiger charge is 1.93. The Morgan fingerprint density at radius 1 is 1.29 bits per heavy atom. The molecule has 0 unspecified atom stereocenters. The standard InChI is InChI=1S/C10H15ClN2.ClH/c11-10-3-1-2-9(8-10)4-6-13-7-5-12;/h1-3,8,13H,4-7,12H2;1H. The van der Waals surface area contributed by atoms with Crippen LogP contribution in [0.25, 0.3) is 0 Å². The number of hydrogen-bond donors (Lipinski definition) is 2. The molecule has 0 heterocycles. The maximum Gasteiger partial charge on any atom is 0.0408 e. The molecule has 1 aromatic carbocycles. The largest absolute Gasteiger partial charge is 0.329 e. The maximum atomic E-state index is 5.84. The minimum Gasteiger partial charge on any atom is -0.329 e.